The van der Waals surface area contributed by atoms with E-state index in [1.165, 1.54) is 19.2 Å². The van der Waals surface area contributed by atoms with Gasteiger partial charge in [-0.15, -0.1) is 0 Å². The van der Waals surface area contributed by atoms with E-state index in [1.807, 2.05) is 6.07 Å². The van der Waals surface area contributed by atoms with Gasteiger partial charge in [-0.3, -0.25) is 4.79 Å². The van der Waals surface area contributed by atoms with Crippen LogP contribution in [0.15, 0.2) is 36.4 Å². The Morgan fingerprint density at radius 1 is 1.03 bits per heavy atom. The van der Waals surface area contributed by atoms with E-state index >= 15 is 0 Å². The standard InChI is InChI=1S/C22H24FNO6/c1-27-15-7-9-19(28-2)16(12-15)18-5-4-10-24(18)21(25)13-30-22(26)14-6-8-20(29-3)17(23)11-14/h6-9,11-12,18H,4-5,10,13H2,1-3H3/t18-/m0/s1. The van der Waals surface area contributed by atoms with Crippen LogP contribution in [-0.2, 0) is 9.53 Å². The molecule has 2 aromatic carbocycles. The molecule has 0 unspecified atom stereocenters. The molecule has 0 bridgehead atoms. The van der Waals surface area contributed by atoms with Crippen LogP contribution >= 0.6 is 0 Å². The van der Waals surface area contributed by atoms with E-state index in [4.69, 9.17) is 18.9 Å². The van der Waals surface area contributed by atoms with Gasteiger partial charge in [-0.1, -0.05) is 0 Å². The number of carbonyl (C=O) groups excluding carboxylic acids is 2. The summed E-state index contributed by atoms with van der Waals surface area (Å²) < 4.78 is 34.5. The Bertz CT molecular complexity index is 932. The zero-order valence-corrected chi connectivity index (χ0v) is 17.1. The maximum Gasteiger partial charge on any atom is 0.338 e. The number of methoxy groups -OCH3 is 3. The van der Waals surface area contributed by atoms with Crippen molar-refractivity contribution in [2.45, 2.75) is 18.9 Å². The highest BCUT2D eigenvalue weighted by Gasteiger charge is 2.32. The zero-order valence-electron chi connectivity index (χ0n) is 17.1. The van der Waals surface area contributed by atoms with Gasteiger partial charge in [0.05, 0.1) is 32.9 Å². The second kappa shape index (κ2) is 9.47. The Hall–Kier alpha value is -3.29. The summed E-state index contributed by atoms with van der Waals surface area (Å²) in [6.07, 6.45) is 1.57. The van der Waals surface area contributed by atoms with Gasteiger partial charge >= 0.3 is 5.97 Å². The van der Waals surface area contributed by atoms with Gasteiger partial charge in [-0.05, 0) is 49.2 Å². The van der Waals surface area contributed by atoms with Gasteiger partial charge in [0, 0.05) is 12.1 Å². The van der Waals surface area contributed by atoms with Gasteiger partial charge in [-0.2, -0.15) is 0 Å². The summed E-state index contributed by atoms with van der Waals surface area (Å²) in [4.78, 5) is 26.6. The molecule has 0 saturated carbocycles. The van der Waals surface area contributed by atoms with Crippen molar-refractivity contribution in [1.82, 2.24) is 4.90 Å². The Kier molecular flexibility index (Phi) is 6.76. The minimum atomic E-state index is -0.778. The van der Waals surface area contributed by atoms with E-state index in [2.05, 4.69) is 0 Å². The molecule has 1 aliphatic heterocycles. The van der Waals surface area contributed by atoms with E-state index < -0.39 is 18.4 Å². The molecule has 1 fully saturated rings. The van der Waals surface area contributed by atoms with Crippen LogP contribution in [0.3, 0.4) is 0 Å². The number of hydrogen-bond donors (Lipinski definition) is 0. The molecule has 8 heteroatoms. The highest BCUT2D eigenvalue weighted by molar-refractivity contribution is 5.91. The highest BCUT2D eigenvalue weighted by Crippen LogP contribution is 2.38. The van der Waals surface area contributed by atoms with Crippen LogP contribution in [0.5, 0.6) is 17.2 Å². The SMILES string of the molecule is COc1ccc(OC)c([C@@H]2CCCN2C(=O)COC(=O)c2ccc(OC)c(F)c2)c1. The number of rotatable bonds is 7. The first-order chi connectivity index (χ1) is 14.5. The van der Waals surface area contributed by atoms with Gasteiger partial charge in [0.25, 0.3) is 5.91 Å². The van der Waals surface area contributed by atoms with Crippen LogP contribution in [0.2, 0.25) is 0 Å². The fourth-order valence-electron chi connectivity index (χ4n) is 3.58. The second-order valence-corrected chi connectivity index (χ2v) is 6.78. The fourth-order valence-corrected chi connectivity index (χ4v) is 3.58. The summed E-state index contributed by atoms with van der Waals surface area (Å²) in [5, 5.41) is 0. The summed E-state index contributed by atoms with van der Waals surface area (Å²) >= 11 is 0. The fraction of sp³-hybridized carbons (Fsp3) is 0.364. The molecule has 30 heavy (non-hydrogen) atoms. The molecule has 160 valence electrons. The number of likely N-dealkylation sites (tertiary alicyclic amines) is 1. The van der Waals surface area contributed by atoms with Crippen molar-refractivity contribution >= 4 is 11.9 Å². The normalized spacial score (nSPS) is 15.6. The number of ether oxygens (including phenoxy) is 4. The second-order valence-electron chi connectivity index (χ2n) is 6.78. The van der Waals surface area contributed by atoms with E-state index in [0.29, 0.717) is 18.0 Å². The molecule has 1 aliphatic rings. The molecule has 1 amide bonds. The minimum absolute atomic E-state index is 0.00790. The van der Waals surface area contributed by atoms with Gasteiger partial charge in [0.2, 0.25) is 0 Å². The van der Waals surface area contributed by atoms with Crippen LogP contribution in [-0.4, -0.2) is 51.3 Å². The summed E-state index contributed by atoms with van der Waals surface area (Å²) in [6.45, 7) is 0.105. The average molecular weight is 417 g/mol. The predicted molar refractivity (Wildman–Crippen MR) is 106 cm³/mol. The predicted octanol–water partition coefficient (Wildman–Crippen LogP) is 3.37. The molecule has 1 saturated heterocycles. The third-order valence-electron chi connectivity index (χ3n) is 5.08. The molecule has 0 spiro atoms. The van der Waals surface area contributed by atoms with Crippen molar-refractivity contribution < 1.29 is 32.9 Å². The molecule has 1 heterocycles. The summed E-state index contributed by atoms with van der Waals surface area (Å²) in [5.74, 6) is -0.439. The average Bonchev–Trinajstić information content (AvgIpc) is 3.26. The van der Waals surface area contributed by atoms with E-state index in [0.717, 1.165) is 24.5 Å². The molecule has 0 aliphatic carbocycles. The van der Waals surface area contributed by atoms with E-state index in [9.17, 15) is 14.0 Å². The van der Waals surface area contributed by atoms with Crippen LogP contribution in [0.25, 0.3) is 0 Å². The molecule has 0 radical (unpaired) electrons. The topological polar surface area (TPSA) is 74.3 Å². The number of halogens is 1. The first kappa shape index (κ1) is 21.4. The van der Waals surface area contributed by atoms with Crippen molar-refractivity contribution in [3.63, 3.8) is 0 Å². The third-order valence-corrected chi connectivity index (χ3v) is 5.08. The third kappa shape index (κ3) is 4.48. The van der Waals surface area contributed by atoms with Gasteiger partial charge in [0.15, 0.2) is 18.2 Å². The van der Waals surface area contributed by atoms with Crippen molar-refractivity contribution in [1.29, 1.82) is 0 Å². The monoisotopic (exact) mass is 417 g/mol. The Morgan fingerprint density at radius 3 is 2.43 bits per heavy atom. The van der Waals surface area contributed by atoms with Gasteiger partial charge < -0.3 is 23.8 Å². The maximum absolute atomic E-state index is 13.8. The quantitative estimate of drug-likeness (QED) is 0.643. The molecule has 2 aromatic rings. The van der Waals surface area contributed by atoms with Crippen molar-refractivity contribution in [3.8, 4) is 17.2 Å². The molecule has 1 atom stereocenters. The lowest BCUT2D eigenvalue weighted by Crippen LogP contribution is -2.34. The summed E-state index contributed by atoms with van der Waals surface area (Å²) in [6, 6.07) is 8.97. The first-order valence-corrected chi connectivity index (χ1v) is 9.50. The van der Waals surface area contributed by atoms with Crippen LogP contribution in [0.1, 0.15) is 34.8 Å². The number of carbonyl (C=O) groups is 2. The van der Waals surface area contributed by atoms with Crippen molar-refractivity contribution in [3.05, 3.63) is 53.3 Å². The van der Waals surface area contributed by atoms with E-state index in [1.54, 1.807) is 31.3 Å². The van der Waals surface area contributed by atoms with Gasteiger partial charge in [0.1, 0.15) is 11.5 Å². The maximum atomic E-state index is 13.8. The molecule has 7 nitrogen and oxygen atoms in total. The van der Waals surface area contributed by atoms with Crippen molar-refractivity contribution in [2.24, 2.45) is 0 Å². The molecular weight excluding hydrogens is 393 g/mol. The largest absolute Gasteiger partial charge is 0.497 e. The number of benzene rings is 2. The lowest BCUT2D eigenvalue weighted by Gasteiger charge is -2.26. The number of amides is 1. The zero-order chi connectivity index (χ0) is 21.7. The minimum Gasteiger partial charge on any atom is -0.497 e. The van der Waals surface area contributed by atoms with Gasteiger partial charge in [-0.25, -0.2) is 9.18 Å². The van der Waals surface area contributed by atoms with Crippen LogP contribution in [0, 0.1) is 5.82 Å². The first-order valence-electron chi connectivity index (χ1n) is 9.50. The number of hydrogen-bond acceptors (Lipinski definition) is 6. The Balaban J connectivity index is 1.69. The van der Waals surface area contributed by atoms with Crippen molar-refractivity contribution in [2.75, 3.05) is 34.5 Å². The number of esters is 1. The summed E-state index contributed by atoms with van der Waals surface area (Å²) in [7, 11) is 4.48. The number of nitrogens with zero attached hydrogens (tertiary/aromatic N) is 1. The van der Waals surface area contributed by atoms with E-state index in [-0.39, 0.29) is 23.3 Å². The summed E-state index contributed by atoms with van der Waals surface area (Å²) in [5.41, 5.74) is 0.847. The molecule has 3 rings (SSSR count). The lowest BCUT2D eigenvalue weighted by atomic mass is 10.0. The molecule has 0 N–H and O–H groups in total. The Labute approximate surface area is 174 Å². The molecular formula is C22H24FNO6. The molecule has 0 aromatic heterocycles. The smallest absolute Gasteiger partial charge is 0.338 e. The van der Waals surface area contributed by atoms with Crippen LogP contribution in [0.4, 0.5) is 4.39 Å². The Morgan fingerprint density at radius 2 is 1.77 bits per heavy atom. The van der Waals surface area contributed by atoms with Crippen LogP contribution < -0.4 is 14.2 Å². The highest BCUT2D eigenvalue weighted by atomic mass is 19.1. The lowest BCUT2D eigenvalue weighted by molar-refractivity contribution is -0.135.